The van der Waals surface area contributed by atoms with E-state index in [1.165, 1.54) is 0 Å². The van der Waals surface area contributed by atoms with Crippen LogP contribution in [-0.4, -0.2) is 36.1 Å². The predicted octanol–water partition coefficient (Wildman–Crippen LogP) is 1.44. The minimum Gasteiger partial charge on any atom is -0.481 e. The second-order valence-corrected chi connectivity index (χ2v) is 5.90. The number of nitrogens with one attached hydrogen (secondary N) is 1. The average molecular weight is 277 g/mol. The summed E-state index contributed by atoms with van der Waals surface area (Å²) in [6.45, 7) is 3.59. The van der Waals surface area contributed by atoms with E-state index in [1.54, 1.807) is 32.2 Å². The van der Waals surface area contributed by atoms with Crippen LogP contribution in [0.1, 0.15) is 13.8 Å². The highest BCUT2D eigenvalue weighted by Crippen LogP contribution is 2.58. The number of rotatable bonds is 4. The molecule has 1 aliphatic carbocycles. The van der Waals surface area contributed by atoms with Gasteiger partial charge >= 0.3 is 5.97 Å². The fourth-order valence-electron chi connectivity index (χ4n) is 2.53. The molecule has 0 unspecified atom stereocenters. The number of pyridine rings is 1. The predicted molar refractivity (Wildman–Crippen MR) is 75.6 cm³/mol. The zero-order chi connectivity index (χ0) is 15.1. The maximum Gasteiger partial charge on any atom is 0.307 e. The Bertz CT molecular complexity index is 537. The third kappa shape index (κ3) is 2.45. The number of nitrogens with zero attached hydrogens (tertiary/aromatic N) is 2. The van der Waals surface area contributed by atoms with E-state index >= 15 is 0 Å². The van der Waals surface area contributed by atoms with Crippen molar-refractivity contribution in [2.75, 3.05) is 24.3 Å². The molecule has 1 aromatic heterocycles. The Balaban J connectivity index is 2.04. The van der Waals surface area contributed by atoms with Crippen molar-refractivity contribution in [3.05, 3.63) is 18.3 Å². The number of amides is 1. The Kier molecular flexibility index (Phi) is 3.41. The Morgan fingerprint density at radius 1 is 1.30 bits per heavy atom. The van der Waals surface area contributed by atoms with Gasteiger partial charge in [0.2, 0.25) is 5.91 Å². The van der Waals surface area contributed by atoms with Crippen LogP contribution in [0.4, 0.5) is 11.5 Å². The van der Waals surface area contributed by atoms with Gasteiger partial charge in [-0.05, 0) is 17.5 Å². The number of anilines is 2. The van der Waals surface area contributed by atoms with Crippen LogP contribution in [0.5, 0.6) is 0 Å². The Morgan fingerprint density at radius 3 is 2.35 bits per heavy atom. The van der Waals surface area contributed by atoms with E-state index in [0.29, 0.717) is 5.69 Å². The van der Waals surface area contributed by atoms with Crippen LogP contribution in [0.25, 0.3) is 0 Å². The van der Waals surface area contributed by atoms with Gasteiger partial charge in [-0.3, -0.25) is 9.59 Å². The summed E-state index contributed by atoms with van der Waals surface area (Å²) < 4.78 is 0. The lowest BCUT2D eigenvalue weighted by atomic mass is 10.1. The van der Waals surface area contributed by atoms with Crippen molar-refractivity contribution in [1.82, 2.24) is 4.98 Å². The van der Waals surface area contributed by atoms with Crippen LogP contribution >= 0.6 is 0 Å². The van der Waals surface area contributed by atoms with Gasteiger partial charge in [0.15, 0.2) is 0 Å². The number of carboxylic acids is 1. The van der Waals surface area contributed by atoms with E-state index in [2.05, 4.69) is 10.3 Å². The van der Waals surface area contributed by atoms with Gasteiger partial charge in [-0.2, -0.15) is 0 Å². The molecule has 2 atom stereocenters. The molecule has 20 heavy (non-hydrogen) atoms. The summed E-state index contributed by atoms with van der Waals surface area (Å²) in [5, 5.41) is 11.8. The van der Waals surface area contributed by atoms with Crippen molar-refractivity contribution in [2.45, 2.75) is 13.8 Å². The van der Waals surface area contributed by atoms with E-state index in [-0.39, 0.29) is 5.91 Å². The molecule has 0 bridgehead atoms. The molecule has 6 nitrogen and oxygen atoms in total. The zero-order valence-corrected chi connectivity index (χ0v) is 12.0. The van der Waals surface area contributed by atoms with Gasteiger partial charge in [0.05, 0.1) is 23.7 Å². The van der Waals surface area contributed by atoms with Crippen LogP contribution in [0.2, 0.25) is 0 Å². The molecule has 0 aromatic carbocycles. The van der Waals surface area contributed by atoms with Crippen LogP contribution in [0, 0.1) is 17.3 Å². The molecule has 1 amide bonds. The van der Waals surface area contributed by atoms with E-state index in [4.69, 9.17) is 5.11 Å². The smallest absolute Gasteiger partial charge is 0.307 e. The van der Waals surface area contributed by atoms with Gasteiger partial charge in [-0.25, -0.2) is 4.98 Å². The summed E-state index contributed by atoms with van der Waals surface area (Å²) in [4.78, 5) is 29.2. The molecule has 1 aromatic rings. The van der Waals surface area contributed by atoms with Crippen LogP contribution in [-0.2, 0) is 9.59 Å². The van der Waals surface area contributed by atoms with E-state index in [9.17, 15) is 9.59 Å². The Labute approximate surface area is 117 Å². The van der Waals surface area contributed by atoms with Crippen molar-refractivity contribution >= 4 is 23.4 Å². The fourth-order valence-corrected chi connectivity index (χ4v) is 2.53. The molecule has 0 saturated heterocycles. The van der Waals surface area contributed by atoms with E-state index in [0.717, 1.165) is 5.82 Å². The number of carboxylic acid groups (broad SMARTS) is 1. The summed E-state index contributed by atoms with van der Waals surface area (Å²) >= 11 is 0. The first-order valence-electron chi connectivity index (χ1n) is 6.42. The first kappa shape index (κ1) is 14.3. The minimum atomic E-state index is -0.920. The number of carbonyl (C=O) groups excluding carboxylic acids is 1. The summed E-state index contributed by atoms with van der Waals surface area (Å²) in [5.74, 6) is -1.50. The van der Waals surface area contributed by atoms with Crippen LogP contribution in [0.15, 0.2) is 18.3 Å². The highest BCUT2D eigenvalue weighted by Gasteiger charge is 2.65. The van der Waals surface area contributed by atoms with Crippen molar-refractivity contribution in [3.8, 4) is 0 Å². The number of hydrogen-bond donors (Lipinski definition) is 2. The van der Waals surface area contributed by atoms with Gasteiger partial charge in [0.25, 0.3) is 0 Å². The molecule has 2 rings (SSSR count). The lowest BCUT2D eigenvalue weighted by Gasteiger charge is -2.11. The largest absolute Gasteiger partial charge is 0.481 e. The van der Waals surface area contributed by atoms with Gasteiger partial charge in [0, 0.05) is 14.1 Å². The Morgan fingerprint density at radius 2 is 1.95 bits per heavy atom. The normalized spacial score (nSPS) is 23.0. The van der Waals surface area contributed by atoms with Crippen molar-refractivity contribution in [2.24, 2.45) is 17.3 Å². The van der Waals surface area contributed by atoms with E-state index in [1.807, 2.05) is 19.0 Å². The molecule has 0 radical (unpaired) electrons. The maximum absolute atomic E-state index is 12.1. The summed E-state index contributed by atoms with van der Waals surface area (Å²) in [6.07, 6.45) is 1.57. The average Bonchev–Trinajstić information content (AvgIpc) is 2.93. The number of hydrogen-bond acceptors (Lipinski definition) is 4. The van der Waals surface area contributed by atoms with Crippen molar-refractivity contribution in [1.29, 1.82) is 0 Å². The zero-order valence-electron chi connectivity index (χ0n) is 12.0. The lowest BCUT2D eigenvalue weighted by Crippen LogP contribution is -2.18. The van der Waals surface area contributed by atoms with Crippen LogP contribution < -0.4 is 10.2 Å². The highest BCUT2D eigenvalue weighted by atomic mass is 16.4. The molecule has 1 saturated carbocycles. The summed E-state index contributed by atoms with van der Waals surface area (Å²) in [6, 6.07) is 3.55. The standard InChI is InChI=1S/C14H19N3O3/c1-14(2)10(11(14)13(19)20)12(18)16-8-5-6-9(15-7-8)17(3)4/h5-7,10-11H,1-4H3,(H,16,18)(H,19,20)/t10-,11+/m1/s1. The van der Waals surface area contributed by atoms with Crippen LogP contribution in [0.3, 0.4) is 0 Å². The SMILES string of the molecule is CN(C)c1ccc(NC(=O)[C@H]2[C@@H](C(=O)O)C2(C)C)cn1. The number of carbonyl (C=O) groups is 2. The molecule has 0 aliphatic heterocycles. The first-order chi connectivity index (χ1) is 9.25. The number of aromatic nitrogens is 1. The first-order valence-corrected chi connectivity index (χ1v) is 6.42. The Hall–Kier alpha value is -2.11. The number of aliphatic carboxylic acids is 1. The summed E-state index contributed by atoms with van der Waals surface area (Å²) in [5.41, 5.74) is 0.0832. The maximum atomic E-state index is 12.1. The highest BCUT2D eigenvalue weighted by molar-refractivity contribution is 5.99. The second-order valence-electron chi connectivity index (χ2n) is 5.90. The molecule has 2 N–H and O–H groups in total. The molecule has 0 spiro atoms. The quantitative estimate of drug-likeness (QED) is 0.870. The topological polar surface area (TPSA) is 82.5 Å². The lowest BCUT2D eigenvalue weighted by molar-refractivity contribution is -0.140. The molecular formula is C14H19N3O3. The van der Waals surface area contributed by atoms with Gasteiger partial charge in [-0.1, -0.05) is 13.8 Å². The van der Waals surface area contributed by atoms with Gasteiger partial charge in [0.1, 0.15) is 5.82 Å². The summed E-state index contributed by atoms with van der Waals surface area (Å²) in [7, 11) is 3.76. The fraction of sp³-hybridized carbons (Fsp3) is 0.500. The molecule has 1 aliphatic rings. The molecule has 1 heterocycles. The van der Waals surface area contributed by atoms with Gasteiger partial charge < -0.3 is 15.3 Å². The third-order valence-electron chi connectivity index (χ3n) is 3.85. The monoisotopic (exact) mass is 277 g/mol. The van der Waals surface area contributed by atoms with E-state index < -0.39 is 23.2 Å². The molecular weight excluding hydrogens is 258 g/mol. The van der Waals surface area contributed by atoms with Crippen molar-refractivity contribution in [3.63, 3.8) is 0 Å². The second kappa shape index (κ2) is 4.77. The minimum absolute atomic E-state index is 0.262. The molecule has 6 heteroatoms. The van der Waals surface area contributed by atoms with Gasteiger partial charge in [-0.15, -0.1) is 0 Å². The molecule has 108 valence electrons. The third-order valence-corrected chi connectivity index (χ3v) is 3.85. The van der Waals surface area contributed by atoms with Crippen molar-refractivity contribution < 1.29 is 14.7 Å². The molecule has 1 fully saturated rings.